The highest BCUT2D eigenvalue weighted by Crippen LogP contribution is 2.32. The van der Waals surface area contributed by atoms with Gasteiger partial charge in [-0.05, 0) is 64.2 Å². The molecule has 1 aliphatic carbocycles. The molecule has 2 heteroatoms. The van der Waals surface area contributed by atoms with E-state index in [9.17, 15) is 0 Å². The van der Waals surface area contributed by atoms with Crippen LogP contribution in [0.4, 0.5) is 0 Å². The Hall–Kier alpha value is -0.0800. The highest BCUT2D eigenvalue weighted by Gasteiger charge is 2.27. The van der Waals surface area contributed by atoms with Gasteiger partial charge in [0.15, 0.2) is 0 Å². The third-order valence-corrected chi connectivity index (χ3v) is 5.25. The molecule has 1 saturated carbocycles. The van der Waals surface area contributed by atoms with E-state index in [-0.39, 0.29) is 0 Å². The van der Waals surface area contributed by atoms with Crippen molar-refractivity contribution >= 4 is 0 Å². The molecule has 0 aromatic heterocycles. The molecule has 0 unspecified atom stereocenters. The molecular weight excluding hydrogens is 234 g/mol. The van der Waals surface area contributed by atoms with Crippen molar-refractivity contribution in [3.63, 3.8) is 0 Å². The van der Waals surface area contributed by atoms with Crippen molar-refractivity contribution in [2.75, 3.05) is 13.1 Å². The fourth-order valence-electron chi connectivity index (χ4n) is 3.69. The van der Waals surface area contributed by atoms with Gasteiger partial charge in [-0.15, -0.1) is 0 Å². The maximum atomic E-state index is 6.36. The minimum Gasteiger partial charge on any atom is -0.375 e. The van der Waals surface area contributed by atoms with Crippen LogP contribution in [0.2, 0.25) is 0 Å². The highest BCUT2D eigenvalue weighted by atomic mass is 16.5. The van der Waals surface area contributed by atoms with E-state index in [2.05, 4.69) is 32.6 Å². The van der Waals surface area contributed by atoms with Gasteiger partial charge in [-0.1, -0.05) is 13.8 Å². The van der Waals surface area contributed by atoms with Crippen LogP contribution in [-0.2, 0) is 4.74 Å². The van der Waals surface area contributed by atoms with Gasteiger partial charge in [-0.2, -0.15) is 0 Å². The summed E-state index contributed by atoms with van der Waals surface area (Å²) in [6, 6.07) is 0.697. The molecule has 2 nitrogen and oxygen atoms in total. The lowest BCUT2D eigenvalue weighted by molar-refractivity contribution is -0.0655. The van der Waals surface area contributed by atoms with Gasteiger partial charge in [0.25, 0.3) is 0 Å². The van der Waals surface area contributed by atoms with Crippen molar-refractivity contribution in [1.82, 2.24) is 4.90 Å². The molecule has 0 bridgehead atoms. The van der Waals surface area contributed by atoms with Gasteiger partial charge in [0.1, 0.15) is 0 Å². The summed E-state index contributed by atoms with van der Waals surface area (Å²) >= 11 is 0. The quantitative estimate of drug-likeness (QED) is 0.760. The number of hydrogen-bond donors (Lipinski definition) is 0. The van der Waals surface area contributed by atoms with Crippen LogP contribution in [-0.4, -0.2) is 36.2 Å². The van der Waals surface area contributed by atoms with Crippen molar-refractivity contribution in [2.45, 2.75) is 84.5 Å². The first kappa shape index (κ1) is 15.3. The Labute approximate surface area is 119 Å². The third-order valence-electron chi connectivity index (χ3n) is 5.25. The second-order valence-corrected chi connectivity index (χ2v) is 7.25. The zero-order valence-electron chi connectivity index (χ0n) is 13.4. The summed E-state index contributed by atoms with van der Waals surface area (Å²) in [5.41, 5.74) is 0. The van der Waals surface area contributed by atoms with E-state index in [1.54, 1.807) is 0 Å². The molecule has 0 spiro atoms. The molecule has 1 aliphatic heterocycles. The smallest absolute Gasteiger partial charge is 0.0603 e. The summed E-state index contributed by atoms with van der Waals surface area (Å²) in [6.45, 7) is 11.8. The third kappa shape index (κ3) is 4.46. The lowest BCUT2D eigenvalue weighted by Crippen LogP contribution is -2.42. The van der Waals surface area contributed by atoms with Crippen LogP contribution in [0.5, 0.6) is 0 Å². The minimum atomic E-state index is 0.538. The van der Waals surface area contributed by atoms with Gasteiger partial charge in [0.05, 0.1) is 12.2 Å². The van der Waals surface area contributed by atoms with Crippen LogP contribution in [0.1, 0.15) is 66.2 Å². The second kappa shape index (κ2) is 7.08. The van der Waals surface area contributed by atoms with Crippen molar-refractivity contribution in [2.24, 2.45) is 11.8 Å². The molecule has 2 rings (SSSR count). The zero-order valence-corrected chi connectivity index (χ0v) is 13.4. The minimum absolute atomic E-state index is 0.538. The maximum absolute atomic E-state index is 6.36. The molecule has 0 N–H and O–H groups in total. The number of ether oxygens (including phenoxy) is 1. The molecule has 19 heavy (non-hydrogen) atoms. The fourth-order valence-corrected chi connectivity index (χ4v) is 3.69. The molecule has 0 radical (unpaired) electrons. The molecule has 2 aliphatic rings. The van der Waals surface area contributed by atoms with Crippen LogP contribution in [0.15, 0.2) is 0 Å². The van der Waals surface area contributed by atoms with Gasteiger partial charge >= 0.3 is 0 Å². The van der Waals surface area contributed by atoms with Gasteiger partial charge in [0.2, 0.25) is 0 Å². The van der Waals surface area contributed by atoms with Crippen LogP contribution in [0.25, 0.3) is 0 Å². The maximum Gasteiger partial charge on any atom is 0.0603 e. The second-order valence-electron chi connectivity index (χ2n) is 7.25. The summed E-state index contributed by atoms with van der Waals surface area (Å²) < 4.78 is 6.36. The van der Waals surface area contributed by atoms with Crippen LogP contribution < -0.4 is 0 Å². The van der Waals surface area contributed by atoms with Crippen molar-refractivity contribution in [3.05, 3.63) is 0 Å². The average molecular weight is 267 g/mol. The lowest BCUT2D eigenvalue weighted by atomic mass is 9.80. The Morgan fingerprint density at radius 1 is 0.789 bits per heavy atom. The molecule has 2 fully saturated rings. The monoisotopic (exact) mass is 267 g/mol. The van der Waals surface area contributed by atoms with E-state index in [0.29, 0.717) is 18.2 Å². The van der Waals surface area contributed by atoms with E-state index in [0.717, 1.165) is 11.8 Å². The molecule has 112 valence electrons. The normalized spacial score (nSPS) is 31.3. The van der Waals surface area contributed by atoms with Gasteiger partial charge in [-0.25, -0.2) is 0 Å². The van der Waals surface area contributed by atoms with E-state index in [1.807, 2.05) is 0 Å². The Kier molecular flexibility index (Phi) is 5.70. The molecule has 0 amide bonds. The van der Waals surface area contributed by atoms with Crippen molar-refractivity contribution in [1.29, 1.82) is 0 Å². The van der Waals surface area contributed by atoms with Crippen LogP contribution in [0.3, 0.4) is 0 Å². The Morgan fingerprint density at radius 2 is 1.32 bits per heavy atom. The largest absolute Gasteiger partial charge is 0.375 e. The molecule has 1 saturated heterocycles. The van der Waals surface area contributed by atoms with Crippen LogP contribution >= 0.6 is 0 Å². The van der Waals surface area contributed by atoms with Crippen molar-refractivity contribution < 1.29 is 4.74 Å². The first-order chi connectivity index (χ1) is 9.06. The van der Waals surface area contributed by atoms with Crippen LogP contribution in [0, 0.1) is 11.8 Å². The predicted octanol–water partition coefficient (Wildman–Crippen LogP) is 4.09. The zero-order chi connectivity index (χ0) is 13.8. The van der Waals surface area contributed by atoms with E-state index in [4.69, 9.17) is 4.74 Å². The predicted molar refractivity (Wildman–Crippen MR) is 81.4 cm³/mol. The summed E-state index contributed by atoms with van der Waals surface area (Å²) in [5, 5.41) is 0. The van der Waals surface area contributed by atoms with E-state index < -0.39 is 0 Å². The van der Waals surface area contributed by atoms with E-state index >= 15 is 0 Å². The number of rotatable bonds is 4. The number of piperidine rings is 1. The van der Waals surface area contributed by atoms with Crippen molar-refractivity contribution in [3.8, 4) is 0 Å². The van der Waals surface area contributed by atoms with Gasteiger partial charge in [-0.3, -0.25) is 0 Å². The lowest BCUT2D eigenvalue weighted by Gasteiger charge is -2.38. The summed E-state index contributed by atoms with van der Waals surface area (Å²) in [4.78, 5) is 2.58. The van der Waals surface area contributed by atoms with Gasteiger partial charge < -0.3 is 9.64 Å². The summed E-state index contributed by atoms with van der Waals surface area (Å²) in [6.07, 6.45) is 8.94. The number of nitrogens with zero attached hydrogens (tertiary/aromatic N) is 1. The molecule has 0 atom stereocenters. The highest BCUT2D eigenvalue weighted by molar-refractivity contribution is 4.79. The molecule has 0 aromatic carbocycles. The topological polar surface area (TPSA) is 12.5 Å². The van der Waals surface area contributed by atoms with Gasteiger partial charge in [0, 0.05) is 19.1 Å². The number of hydrogen-bond acceptors (Lipinski definition) is 2. The Bertz CT molecular complexity index is 222. The standard InChI is InChI=1S/C17H33NO/c1-13(2)15-5-7-16(8-6-15)19-17-9-11-18(12-10-17)14(3)4/h13-17H,5-12H2,1-4H3. The molecular formula is C17H33NO. The Balaban J connectivity index is 1.67. The molecule has 0 aromatic rings. The molecule has 1 heterocycles. The number of likely N-dealkylation sites (tertiary alicyclic amines) is 1. The average Bonchev–Trinajstić information content (AvgIpc) is 2.40. The first-order valence-corrected chi connectivity index (χ1v) is 8.45. The summed E-state index contributed by atoms with van der Waals surface area (Å²) in [5.74, 6) is 1.80. The first-order valence-electron chi connectivity index (χ1n) is 8.45. The van der Waals surface area contributed by atoms with E-state index in [1.165, 1.54) is 51.6 Å². The fraction of sp³-hybridized carbons (Fsp3) is 1.00. The Morgan fingerprint density at radius 3 is 1.79 bits per heavy atom. The SMILES string of the molecule is CC(C)C1CCC(OC2CCN(C(C)C)CC2)CC1. The summed E-state index contributed by atoms with van der Waals surface area (Å²) in [7, 11) is 0.